The Morgan fingerprint density at radius 2 is 1.35 bits per heavy atom. The molecule has 1 aliphatic carbocycles. The molecule has 6 heteroatoms. The van der Waals surface area contributed by atoms with Gasteiger partial charge in [0.1, 0.15) is 11.9 Å². The molecule has 1 atom stereocenters. The predicted octanol–water partition coefficient (Wildman–Crippen LogP) is 5.64. The summed E-state index contributed by atoms with van der Waals surface area (Å²) in [5.41, 5.74) is 2.58. The maximum absolute atomic E-state index is 13.7. The van der Waals surface area contributed by atoms with E-state index in [0.717, 1.165) is 29.7 Å². The number of hydrogen-bond acceptors (Lipinski definition) is 3. The van der Waals surface area contributed by atoms with Gasteiger partial charge < -0.3 is 16.0 Å². The van der Waals surface area contributed by atoms with Crippen molar-refractivity contribution >= 4 is 17.5 Å². The third-order valence-electron chi connectivity index (χ3n) is 7.05. The molecular formula is C31H36FN3O2. The van der Waals surface area contributed by atoms with Crippen LogP contribution in [0.2, 0.25) is 0 Å². The van der Waals surface area contributed by atoms with Gasteiger partial charge in [0.05, 0.1) is 5.92 Å². The summed E-state index contributed by atoms with van der Waals surface area (Å²) in [6.45, 7) is 0.895. The predicted molar refractivity (Wildman–Crippen MR) is 146 cm³/mol. The molecule has 1 saturated carbocycles. The molecule has 1 aliphatic rings. The highest BCUT2D eigenvalue weighted by atomic mass is 19.1. The van der Waals surface area contributed by atoms with E-state index in [4.69, 9.17) is 0 Å². The van der Waals surface area contributed by atoms with Crippen LogP contribution in [0, 0.1) is 11.7 Å². The molecule has 0 radical (unpaired) electrons. The molecule has 0 aromatic heterocycles. The zero-order chi connectivity index (χ0) is 25.9. The number of nitrogens with one attached hydrogen (secondary N) is 3. The second kappa shape index (κ2) is 13.6. The summed E-state index contributed by atoms with van der Waals surface area (Å²) in [6, 6.07) is 24.9. The normalized spacial score (nSPS) is 14.6. The molecule has 0 heterocycles. The molecule has 0 bridgehead atoms. The third-order valence-corrected chi connectivity index (χ3v) is 7.05. The van der Waals surface area contributed by atoms with Crippen molar-refractivity contribution in [3.63, 3.8) is 0 Å². The van der Waals surface area contributed by atoms with Crippen LogP contribution in [0.4, 0.5) is 10.1 Å². The van der Waals surface area contributed by atoms with Crippen molar-refractivity contribution in [3.8, 4) is 0 Å². The lowest BCUT2D eigenvalue weighted by atomic mass is 9.84. The zero-order valence-corrected chi connectivity index (χ0v) is 21.2. The lowest BCUT2D eigenvalue weighted by molar-refractivity contribution is -0.129. The van der Waals surface area contributed by atoms with Crippen LogP contribution >= 0.6 is 0 Å². The van der Waals surface area contributed by atoms with E-state index >= 15 is 0 Å². The first-order valence-corrected chi connectivity index (χ1v) is 13.3. The Hall–Kier alpha value is -3.67. The number of halogens is 1. The van der Waals surface area contributed by atoms with Gasteiger partial charge in [-0.3, -0.25) is 9.59 Å². The molecule has 37 heavy (non-hydrogen) atoms. The van der Waals surface area contributed by atoms with Crippen LogP contribution in [0.3, 0.4) is 0 Å². The maximum atomic E-state index is 13.7. The zero-order valence-electron chi connectivity index (χ0n) is 21.2. The fourth-order valence-electron chi connectivity index (χ4n) is 5.11. The Labute approximate surface area is 218 Å². The summed E-state index contributed by atoms with van der Waals surface area (Å²) in [5, 5.41) is 9.28. The van der Waals surface area contributed by atoms with Crippen LogP contribution in [0.5, 0.6) is 0 Å². The summed E-state index contributed by atoms with van der Waals surface area (Å²) in [6.07, 6.45) is 6.40. The quantitative estimate of drug-likeness (QED) is 0.298. The van der Waals surface area contributed by atoms with Crippen molar-refractivity contribution in [1.82, 2.24) is 10.6 Å². The number of hydrogen-bond donors (Lipinski definition) is 3. The molecule has 2 amide bonds. The summed E-state index contributed by atoms with van der Waals surface area (Å²) in [4.78, 5) is 27.0. The maximum Gasteiger partial charge on any atom is 0.242 e. The second-order valence-corrected chi connectivity index (χ2v) is 9.78. The summed E-state index contributed by atoms with van der Waals surface area (Å²) >= 11 is 0. The van der Waals surface area contributed by atoms with Gasteiger partial charge in [-0.25, -0.2) is 4.39 Å². The standard InChI is InChI=1S/C31H36FN3O2/c32-26-16-18-27(19-17-26)33-20-21-34-30(36)28(22-23-10-4-1-5-11-23)35-31(37)29(24-12-6-2-7-13-24)25-14-8-3-9-15-25/h2-3,6-9,12-19,23,28-29,33H,1,4-5,10-11,20-22H2,(H,34,36)(H,35,37)/t28-/m0/s1. The first-order chi connectivity index (χ1) is 18.1. The minimum absolute atomic E-state index is 0.167. The number of benzene rings is 3. The number of carbonyl (C=O) groups is 2. The molecule has 3 N–H and O–H groups in total. The molecule has 0 spiro atoms. The smallest absolute Gasteiger partial charge is 0.242 e. The molecule has 3 aromatic rings. The van der Waals surface area contributed by atoms with Crippen LogP contribution in [0.15, 0.2) is 84.9 Å². The van der Waals surface area contributed by atoms with Gasteiger partial charge in [-0.1, -0.05) is 92.8 Å². The number of carbonyl (C=O) groups excluding carboxylic acids is 2. The van der Waals surface area contributed by atoms with Gasteiger partial charge in [-0.05, 0) is 47.7 Å². The van der Waals surface area contributed by atoms with Gasteiger partial charge in [-0.2, -0.15) is 0 Å². The SMILES string of the molecule is O=C(N[C@@H](CC1CCCCC1)C(=O)NCCNc1ccc(F)cc1)C(c1ccccc1)c1ccccc1. The van der Waals surface area contributed by atoms with E-state index in [2.05, 4.69) is 16.0 Å². The number of rotatable bonds is 11. The molecule has 4 rings (SSSR count). The minimum atomic E-state index is -0.601. The molecular weight excluding hydrogens is 465 g/mol. The Morgan fingerprint density at radius 3 is 1.95 bits per heavy atom. The Bertz CT molecular complexity index is 1080. The van der Waals surface area contributed by atoms with Crippen molar-refractivity contribution < 1.29 is 14.0 Å². The van der Waals surface area contributed by atoms with Gasteiger partial charge in [0.2, 0.25) is 11.8 Å². The number of amides is 2. The van der Waals surface area contributed by atoms with Crippen molar-refractivity contribution in [1.29, 1.82) is 0 Å². The second-order valence-electron chi connectivity index (χ2n) is 9.78. The van der Waals surface area contributed by atoms with E-state index in [-0.39, 0.29) is 17.6 Å². The highest BCUT2D eigenvalue weighted by Crippen LogP contribution is 2.29. The molecule has 0 saturated heterocycles. The van der Waals surface area contributed by atoms with Crippen molar-refractivity contribution in [2.45, 2.75) is 50.5 Å². The topological polar surface area (TPSA) is 70.2 Å². The van der Waals surface area contributed by atoms with Gasteiger partial charge in [0.15, 0.2) is 0 Å². The van der Waals surface area contributed by atoms with E-state index in [1.807, 2.05) is 60.7 Å². The van der Waals surface area contributed by atoms with Gasteiger partial charge in [-0.15, -0.1) is 0 Å². The molecule has 0 unspecified atom stereocenters. The lowest BCUT2D eigenvalue weighted by Crippen LogP contribution is -2.50. The fraction of sp³-hybridized carbons (Fsp3) is 0.355. The summed E-state index contributed by atoms with van der Waals surface area (Å²) < 4.78 is 13.1. The number of anilines is 1. The van der Waals surface area contributed by atoms with E-state index in [9.17, 15) is 14.0 Å². The monoisotopic (exact) mass is 501 g/mol. The van der Waals surface area contributed by atoms with Crippen molar-refractivity contribution in [2.75, 3.05) is 18.4 Å². The van der Waals surface area contributed by atoms with Crippen LogP contribution in [-0.4, -0.2) is 30.9 Å². The highest BCUT2D eigenvalue weighted by molar-refractivity contribution is 5.92. The lowest BCUT2D eigenvalue weighted by Gasteiger charge is -2.28. The van der Waals surface area contributed by atoms with Crippen LogP contribution in [-0.2, 0) is 9.59 Å². The van der Waals surface area contributed by atoms with E-state index in [0.29, 0.717) is 25.4 Å². The van der Waals surface area contributed by atoms with Gasteiger partial charge >= 0.3 is 0 Å². The third kappa shape index (κ3) is 7.91. The Kier molecular flexibility index (Phi) is 9.69. The Balaban J connectivity index is 1.43. The minimum Gasteiger partial charge on any atom is -0.383 e. The van der Waals surface area contributed by atoms with E-state index in [1.165, 1.54) is 31.4 Å². The molecule has 1 fully saturated rings. The highest BCUT2D eigenvalue weighted by Gasteiger charge is 2.30. The summed E-state index contributed by atoms with van der Waals surface area (Å²) in [5.74, 6) is -0.694. The van der Waals surface area contributed by atoms with Crippen LogP contribution in [0.25, 0.3) is 0 Å². The van der Waals surface area contributed by atoms with E-state index < -0.39 is 12.0 Å². The average Bonchev–Trinajstić information content (AvgIpc) is 2.93. The molecule has 0 aliphatic heterocycles. The van der Waals surface area contributed by atoms with Gasteiger partial charge in [0, 0.05) is 18.8 Å². The largest absolute Gasteiger partial charge is 0.383 e. The fourth-order valence-corrected chi connectivity index (χ4v) is 5.11. The van der Waals surface area contributed by atoms with Crippen LogP contribution < -0.4 is 16.0 Å². The molecule has 194 valence electrons. The molecule has 3 aromatic carbocycles. The molecule has 5 nitrogen and oxygen atoms in total. The average molecular weight is 502 g/mol. The Morgan fingerprint density at radius 1 is 0.757 bits per heavy atom. The summed E-state index contributed by atoms with van der Waals surface area (Å²) in [7, 11) is 0. The van der Waals surface area contributed by atoms with Crippen LogP contribution in [0.1, 0.15) is 55.6 Å². The van der Waals surface area contributed by atoms with Gasteiger partial charge in [0.25, 0.3) is 0 Å². The first kappa shape index (κ1) is 26.4. The van der Waals surface area contributed by atoms with Crippen molar-refractivity contribution in [2.24, 2.45) is 5.92 Å². The van der Waals surface area contributed by atoms with Crippen molar-refractivity contribution in [3.05, 3.63) is 102 Å². The first-order valence-electron chi connectivity index (χ1n) is 13.3. The van der Waals surface area contributed by atoms with E-state index in [1.54, 1.807) is 12.1 Å².